The molecule has 1 aromatic carbocycles. The molecule has 1 unspecified atom stereocenters. The zero-order chi connectivity index (χ0) is 18.1. The lowest BCUT2D eigenvalue weighted by atomic mass is 9.93. The molecule has 0 saturated carbocycles. The molecule has 24 heavy (non-hydrogen) atoms. The SMILES string of the molecule is CCCC1(C)C(=O)NCCN1S(=O)(=O)c1ccc(C(=O)O)c(F)c1. The van der Waals surface area contributed by atoms with Crippen molar-refractivity contribution in [1.82, 2.24) is 9.62 Å². The van der Waals surface area contributed by atoms with E-state index < -0.39 is 38.8 Å². The van der Waals surface area contributed by atoms with E-state index in [9.17, 15) is 22.4 Å². The first kappa shape index (κ1) is 18.3. The Hall–Kier alpha value is -2.00. The Labute approximate surface area is 139 Å². The van der Waals surface area contributed by atoms with Gasteiger partial charge in [0, 0.05) is 13.1 Å². The topological polar surface area (TPSA) is 104 Å². The summed E-state index contributed by atoms with van der Waals surface area (Å²) in [7, 11) is -4.15. The molecule has 1 amide bonds. The molecule has 1 saturated heterocycles. The van der Waals surface area contributed by atoms with E-state index in [0.717, 1.165) is 16.4 Å². The van der Waals surface area contributed by atoms with Gasteiger partial charge in [0.15, 0.2) is 0 Å². The Morgan fingerprint density at radius 1 is 1.46 bits per heavy atom. The number of benzene rings is 1. The zero-order valence-electron chi connectivity index (χ0n) is 13.4. The quantitative estimate of drug-likeness (QED) is 0.823. The maximum atomic E-state index is 13.9. The summed E-state index contributed by atoms with van der Waals surface area (Å²) >= 11 is 0. The van der Waals surface area contributed by atoms with Gasteiger partial charge >= 0.3 is 5.97 Å². The summed E-state index contributed by atoms with van der Waals surface area (Å²) in [5.41, 5.74) is -1.88. The lowest BCUT2D eigenvalue weighted by molar-refractivity contribution is -0.132. The van der Waals surface area contributed by atoms with Crippen molar-refractivity contribution in [3.8, 4) is 0 Å². The number of halogens is 1. The van der Waals surface area contributed by atoms with Gasteiger partial charge in [0.05, 0.1) is 10.5 Å². The van der Waals surface area contributed by atoms with E-state index in [1.807, 2.05) is 6.92 Å². The number of rotatable bonds is 5. The molecule has 0 bridgehead atoms. The van der Waals surface area contributed by atoms with Crippen molar-refractivity contribution >= 4 is 21.9 Å². The Bertz CT molecular complexity index is 780. The molecule has 1 fully saturated rings. The molecule has 132 valence electrons. The third-order valence-electron chi connectivity index (χ3n) is 4.14. The number of nitrogens with zero attached hydrogens (tertiary/aromatic N) is 1. The van der Waals surface area contributed by atoms with Crippen LogP contribution in [0.1, 0.15) is 37.0 Å². The first-order valence-electron chi connectivity index (χ1n) is 7.48. The van der Waals surface area contributed by atoms with Crippen LogP contribution in [0, 0.1) is 5.82 Å². The molecule has 9 heteroatoms. The smallest absolute Gasteiger partial charge is 0.338 e. The third kappa shape index (κ3) is 3.01. The fourth-order valence-corrected chi connectivity index (χ4v) is 4.67. The fourth-order valence-electron chi connectivity index (χ4n) is 2.89. The Balaban J connectivity index is 2.50. The molecule has 0 spiro atoms. The van der Waals surface area contributed by atoms with E-state index in [1.54, 1.807) is 0 Å². The number of nitrogens with one attached hydrogen (secondary N) is 1. The van der Waals surface area contributed by atoms with Crippen molar-refractivity contribution in [2.24, 2.45) is 0 Å². The lowest BCUT2D eigenvalue weighted by Gasteiger charge is -2.42. The molecule has 0 aromatic heterocycles. The Kier molecular flexibility index (Phi) is 4.95. The number of carboxylic acids is 1. The molecule has 1 aliphatic rings. The average Bonchev–Trinajstić information content (AvgIpc) is 2.49. The minimum Gasteiger partial charge on any atom is -0.478 e. The molecule has 1 aliphatic heterocycles. The van der Waals surface area contributed by atoms with Gasteiger partial charge in [-0.05, 0) is 31.5 Å². The highest BCUT2D eigenvalue weighted by molar-refractivity contribution is 7.89. The summed E-state index contributed by atoms with van der Waals surface area (Å²) in [5, 5.41) is 11.5. The van der Waals surface area contributed by atoms with Gasteiger partial charge in [0.25, 0.3) is 0 Å². The largest absolute Gasteiger partial charge is 0.478 e. The second kappa shape index (κ2) is 6.48. The first-order valence-corrected chi connectivity index (χ1v) is 8.92. The van der Waals surface area contributed by atoms with Crippen molar-refractivity contribution in [1.29, 1.82) is 0 Å². The maximum absolute atomic E-state index is 13.9. The van der Waals surface area contributed by atoms with Crippen molar-refractivity contribution in [2.75, 3.05) is 13.1 Å². The predicted octanol–water partition coefficient (Wildman–Crippen LogP) is 1.20. The number of hydrogen-bond acceptors (Lipinski definition) is 4. The lowest BCUT2D eigenvalue weighted by Crippen LogP contribution is -2.64. The van der Waals surface area contributed by atoms with Gasteiger partial charge in [-0.1, -0.05) is 13.3 Å². The number of amides is 1. The molecule has 1 atom stereocenters. The Morgan fingerprint density at radius 2 is 2.12 bits per heavy atom. The van der Waals surface area contributed by atoms with Crippen LogP contribution in [-0.2, 0) is 14.8 Å². The van der Waals surface area contributed by atoms with Gasteiger partial charge < -0.3 is 10.4 Å². The van der Waals surface area contributed by atoms with E-state index in [4.69, 9.17) is 5.11 Å². The molecule has 2 N–H and O–H groups in total. The second-order valence-electron chi connectivity index (χ2n) is 5.80. The highest BCUT2D eigenvalue weighted by atomic mass is 32.2. The number of aromatic carboxylic acids is 1. The minimum atomic E-state index is -4.15. The summed E-state index contributed by atoms with van der Waals surface area (Å²) in [6.07, 6.45) is 0.899. The van der Waals surface area contributed by atoms with E-state index in [1.165, 1.54) is 6.92 Å². The molecule has 0 radical (unpaired) electrons. The Morgan fingerprint density at radius 3 is 2.67 bits per heavy atom. The van der Waals surface area contributed by atoms with Crippen LogP contribution in [-0.4, -0.2) is 48.3 Å². The van der Waals surface area contributed by atoms with Crippen LogP contribution in [0.25, 0.3) is 0 Å². The summed E-state index contributed by atoms with van der Waals surface area (Å²) in [5.74, 6) is -3.02. The molecular weight excluding hydrogens is 339 g/mol. The standard InChI is InChI=1S/C15H19FN2O5S/c1-3-6-15(2)14(21)17-7-8-18(15)24(22,23)10-4-5-11(13(19)20)12(16)9-10/h4-5,9H,3,6-8H2,1-2H3,(H,17,21)(H,19,20). The minimum absolute atomic E-state index is 0.0624. The van der Waals surface area contributed by atoms with Crippen LogP contribution in [0.3, 0.4) is 0 Å². The van der Waals surface area contributed by atoms with Crippen LogP contribution in [0.4, 0.5) is 4.39 Å². The van der Waals surface area contributed by atoms with Crippen molar-refractivity contribution in [2.45, 2.75) is 37.1 Å². The van der Waals surface area contributed by atoms with Crippen LogP contribution in [0.5, 0.6) is 0 Å². The monoisotopic (exact) mass is 358 g/mol. The fraction of sp³-hybridized carbons (Fsp3) is 0.467. The molecule has 2 rings (SSSR count). The van der Waals surface area contributed by atoms with Crippen molar-refractivity contribution in [3.05, 3.63) is 29.6 Å². The van der Waals surface area contributed by atoms with Gasteiger partial charge in [-0.2, -0.15) is 4.31 Å². The molecular formula is C15H19FN2O5S. The number of piperazine rings is 1. The van der Waals surface area contributed by atoms with Crippen LogP contribution in [0.15, 0.2) is 23.1 Å². The molecule has 7 nitrogen and oxygen atoms in total. The predicted molar refractivity (Wildman–Crippen MR) is 83.6 cm³/mol. The van der Waals surface area contributed by atoms with Crippen LogP contribution < -0.4 is 5.32 Å². The van der Waals surface area contributed by atoms with E-state index in [2.05, 4.69) is 5.32 Å². The van der Waals surface area contributed by atoms with Gasteiger partial charge in [0.1, 0.15) is 11.4 Å². The van der Waals surface area contributed by atoms with Crippen molar-refractivity contribution < 1.29 is 27.5 Å². The highest BCUT2D eigenvalue weighted by Crippen LogP contribution is 2.31. The number of sulfonamides is 1. The van der Waals surface area contributed by atoms with Crippen LogP contribution >= 0.6 is 0 Å². The maximum Gasteiger partial charge on any atom is 0.338 e. The molecule has 1 heterocycles. The van der Waals surface area contributed by atoms with E-state index in [0.29, 0.717) is 18.9 Å². The average molecular weight is 358 g/mol. The summed E-state index contributed by atoms with van der Waals surface area (Å²) in [4.78, 5) is 22.7. The molecule has 0 aliphatic carbocycles. The highest BCUT2D eigenvalue weighted by Gasteiger charge is 2.47. The van der Waals surface area contributed by atoms with Gasteiger partial charge in [-0.25, -0.2) is 17.6 Å². The molecule has 1 aromatic rings. The summed E-state index contributed by atoms with van der Waals surface area (Å²) in [6.45, 7) is 3.59. The normalized spacial score (nSPS) is 22.2. The van der Waals surface area contributed by atoms with Gasteiger partial charge in [0.2, 0.25) is 15.9 Å². The number of carbonyl (C=O) groups excluding carboxylic acids is 1. The van der Waals surface area contributed by atoms with E-state index in [-0.39, 0.29) is 18.0 Å². The number of carboxylic acid groups (broad SMARTS) is 1. The van der Waals surface area contributed by atoms with Crippen LogP contribution in [0.2, 0.25) is 0 Å². The number of carbonyl (C=O) groups is 2. The summed E-state index contributed by atoms with van der Waals surface area (Å²) < 4.78 is 40.7. The van der Waals surface area contributed by atoms with E-state index >= 15 is 0 Å². The summed E-state index contributed by atoms with van der Waals surface area (Å²) in [6, 6.07) is 2.63. The number of hydrogen-bond donors (Lipinski definition) is 2. The zero-order valence-corrected chi connectivity index (χ0v) is 14.2. The first-order chi connectivity index (χ1) is 11.1. The van der Waals surface area contributed by atoms with Gasteiger partial charge in [-0.3, -0.25) is 4.79 Å². The van der Waals surface area contributed by atoms with Crippen molar-refractivity contribution in [3.63, 3.8) is 0 Å². The third-order valence-corrected chi connectivity index (χ3v) is 6.15. The second-order valence-corrected chi connectivity index (χ2v) is 7.67. The van der Waals surface area contributed by atoms with Gasteiger partial charge in [-0.15, -0.1) is 0 Å².